The number of anilines is 2. The summed E-state index contributed by atoms with van der Waals surface area (Å²) in [5.74, 6) is 0.429. The monoisotopic (exact) mass is 314 g/mol. The molecule has 122 valence electrons. The van der Waals surface area contributed by atoms with Crippen molar-refractivity contribution in [2.75, 3.05) is 23.3 Å². The highest BCUT2D eigenvalue weighted by molar-refractivity contribution is 6.04. The molecule has 0 bridgehead atoms. The van der Waals surface area contributed by atoms with Gasteiger partial charge in [0.05, 0.1) is 11.9 Å². The predicted octanol–water partition coefficient (Wildman–Crippen LogP) is 2.49. The van der Waals surface area contributed by atoms with E-state index in [1.807, 2.05) is 6.07 Å². The predicted molar refractivity (Wildman–Crippen MR) is 92.3 cm³/mol. The zero-order valence-electron chi connectivity index (χ0n) is 13.9. The molecule has 0 aliphatic carbocycles. The Hall–Kier alpha value is -2.63. The Bertz CT molecular complexity index is 746. The van der Waals surface area contributed by atoms with Crippen LogP contribution in [0.1, 0.15) is 35.5 Å². The maximum absolute atomic E-state index is 12.3. The molecule has 2 aromatic rings. The van der Waals surface area contributed by atoms with Crippen LogP contribution < -0.4 is 15.8 Å². The number of aromatic amines is 1. The van der Waals surface area contributed by atoms with Gasteiger partial charge in [-0.25, -0.2) is 4.98 Å². The number of carbonyl (C=O) groups excluding carboxylic acids is 1. The van der Waals surface area contributed by atoms with Crippen molar-refractivity contribution in [2.45, 2.75) is 27.7 Å². The van der Waals surface area contributed by atoms with E-state index in [2.05, 4.69) is 34.0 Å². The van der Waals surface area contributed by atoms with Gasteiger partial charge in [0.1, 0.15) is 11.4 Å². The second-order valence-corrected chi connectivity index (χ2v) is 5.37. The summed E-state index contributed by atoms with van der Waals surface area (Å²) in [6, 6.07) is 5.42. The third-order valence-electron chi connectivity index (χ3n) is 3.69. The Morgan fingerprint density at radius 3 is 2.48 bits per heavy atom. The van der Waals surface area contributed by atoms with Gasteiger partial charge in [-0.2, -0.15) is 0 Å². The Morgan fingerprint density at radius 1 is 1.26 bits per heavy atom. The Kier molecular flexibility index (Phi) is 5.16. The van der Waals surface area contributed by atoms with Crippen LogP contribution in [-0.4, -0.2) is 29.0 Å². The second-order valence-electron chi connectivity index (χ2n) is 5.37. The molecule has 0 aromatic carbocycles. The third kappa shape index (κ3) is 3.77. The van der Waals surface area contributed by atoms with Crippen LogP contribution in [0.2, 0.25) is 0 Å². The molecule has 0 saturated heterocycles. The Labute approximate surface area is 135 Å². The van der Waals surface area contributed by atoms with Crippen molar-refractivity contribution in [2.24, 2.45) is 0 Å². The average molecular weight is 314 g/mol. The number of carbonyl (C=O) groups is 1. The van der Waals surface area contributed by atoms with Crippen molar-refractivity contribution in [1.82, 2.24) is 9.97 Å². The minimum atomic E-state index is -0.430. The number of hydrogen-bond donors (Lipinski definition) is 2. The summed E-state index contributed by atoms with van der Waals surface area (Å²) in [4.78, 5) is 33.4. The van der Waals surface area contributed by atoms with E-state index >= 15 is 0 Å². The van der Waals surface area contributed by atoms with Gasteiger partial charge in [0.15, 0.2) is 0 Å². The van der Waals surface area contributed by atoms with Crippen LogP contribution in [0.4, 0.5) is 11.5 Å². The lowest BCUT2D eigenvalue weighted by atomic mass is 10.1. The first-order valence-corrected chi connectivity index (χ1v) is 7.69. The quantitative estimate of drug-likeness (QED) is 0.889. The van der Waals surface area contributed by atoms with Crippen molar-refractivity contribution in [3.05, 3.63) is 51.6 Å². The number of aryl methyl sites for hydroxylation is 2. The number of pyridine rings is 2. The number of nitrogens with zero attached hydrogens (tertiary/aromatic N) is 2. The van der Waals surface area contributed by atoms with Crippen LogP contribution in [-0.2, 0) is 0 Å². The van der Waals surface area contributed by atoms with E-state index in [-0.39, 0.29) is 11.1 Å². The van der Waals surface area contributed by atoms with Crippen molar-refractivity contribution >= 4 is 17.4 Å². The Morgan fingerprint density at radius 2 is 1.96 bits per heavy atom. The maximum atomic E-state index is 12.3. The highest BCUT2D eigenvalue weighted by Gasteiger charge is 2.15. The van der Waals surface area contributed by atoms with Gasteiger partial charge in [0.2, 0.25) is 0 Å². The molecular weight excluding hydrogens is 292 g/mol. The average Bonchev–Trinajstić information content (AvgIpc) is 2.49. The van der Waals surface area contributed by atoms with Crippen molar-refractivity contribution in [3.63, 3.8) is 0 Å². The first kappa shape index (κ1) is 16.7. The smallest absolute Gasteiger partial charge is 0.261 e. The van der Waals surface area contributed by atoms with Crippen molar-refractivity contribution in [3.8, 4) is 0 Å². The Balaban J connectivity index is 2.20. The maximum Gasteiger partial charge on any atom is 0.261 e. The number of amides is 1. The highest BCUT2D eigenvalue weighted by atomic mass is 16.2. The summed E-state index contributed by atoms with van der Waals surface area (Å²) < 4.78 is 0. The number of aromatic nitrogens is 2. The van der Waals surface area contributed by atoms with E-state index in [1.54, 1.807) is 32.2 Å². The molecule has 0 fully saturated rings. The standard InChI is InChI=1S/C17H22N4O2/c1-5-21(6-2)14-8-7-13(10-18-14)20-17(23)15-11(3)9-12(4)19-16(15)22/h7-10H,5-6H2,1-4H3,(H,19,22)(H,20,23). The molecule has 0 atom stereocenters. The molecular formula is C17H22N4O2. The van der Waals surface area contributed by atoms with Crippen molar-refractivity contribution < 1.29 is 4.79 Å². The molecule has 0 radical (unpaired) electrons. The molecule has 0 unspecified atom stereocenters. The fraction of sp³-hybridized carbons (Fsp3) is 0.353. The van der Waals surface area contributed by atoms with Crippen LogP contribution in [0.25, 0.3) is 0 Å². The lowest BCUT2D eigenvalue weighted by Gasteiger charge is -2.19. The van der Waals surface area contributed by atoms with Crippen LogP contribution in [0, 0.1) is 13.8 Å². The summed E-state index contributed by atoms with van der Waals surface area (Å²) in [6.45, 7) is 9.39. The zero-order chi connectivity index (χ0) is 17.0. The van der Waals surface area contributed by atoms with Gasteiger partial charge < -0.3 is 15.2 Å². The molecule has 0 spiro atoms. The molecule has 6 heteroatoms. The number of rotatable bonds is 5. The minimum Gasteiger partial charge on any atom is -0.357 e. The fourth-order valence-corrected chi connectivity index (χ4v) is 2.52. The summed E-state index contributed by atoms with van der Waals surface area (Å²) in [5, 5.41) is 2.72. The van der Waals surface area contributed by atoms with E-state index in [9.17, 15) is 9.59 Å². The zero-order valence-corrected chi connectivity index (χ0v) is 13.9. The molecule has 2 N–H and O–H groups in total. The number of nitrogens with one attached hydrogen (secondary N) is 2. The van der Waals surface area contributed by atoms with Crippen LogP contribution in [0.5, 0.6) is 0 Å². The van der Waals surface area contributed by atoms with Gasteiger partial charge in [-0.15, -0.1) is 0 Å². The van der Waals surface area contributed by atoms with Gasteiger partial charge in [-0.3, -0.25) is 9.59 Å². The van der Waals surface area contributed by atoms with E-state index in [1.165, 1.54) is 0 Å². The molecule has 1 amide bonds. The molecule has 23 heavy (non-hydrogen) atoms. The van der Waals surface area contributed by atoms with E-state index in [0.29, 0.717) is 11.3 Å². The molecule has 0 aliphatic rings. The summed E-state index contributed by atoms with van der Waals surface area (Å²) in [6.07, 6.45) is 1.60. The van der Waals surface area contributed by atoms with E-state index in [4.69, 9.17) is 0 Å². The van der Waals surface area contributed by atoms with Gasteiger partial charge in [0.25, 0.3) is 11.5 Å². The van der Waals surface area contributed by atoms with Gasteiger partial charge in [-0.05, 0) is 51.5 Å². The molecule has 0 saturated carbocycles. The summed E-state index contributed by atoms with van der Waals surface area (Å²) in [7, 11) is 0. The molecule has 0 aliphatic heterocycles. The minimum absolute atomic E-state index is 0.128. The number of H-pyrrole nitrogens is 1. The second kappa shape index (κ2) is 7.09. The molecule has 2 heterocycles. The highest BCUT2D eigenvalue weighted by Crippen LogP contribution is 2.15. The summed E-state index contributed by atoms with van der Waals surface area (Å²) in [5.41, 5.74) is 1.69. The molecule has 6 nitrogen and oxygen atoms in total. The first-order chi connectivity index (χ1) is 11.0. The SMILES string of the molecule is CCN(CC)c1ccc(NC(=O)c2c(C)cc(C)[nH]c2=O)cn1. The van der Waals surface area contributed by atoms with Gasteiger partial charge >= 0.3 is 0 Å². The normalized spacial score (nSPS) is 10.4. The van der Waals surface area contributed by atoms with E-state index < -0.39 is 5.91 Å². The third-order valence-corrected chi connectivity index (χ3v) is 3.69. The lowest BCUT2D eigenvalue weighted by molar-refractivity contribution is 0.102. The lowest BCUT2D eigenvalue weighted by Crippen LogP contribution is -2.25. The van der Waals surface area contributed by atoms with Crippen LogP contribution in [0.15, 0.2) is 29.2 Å². The molecule has 2 rings (SSSR count). The first-order valence-electron chi connectivity index (χ1n) is 7.69. The number of hydrogen-bond acceptors (Lipinski definition) is 4. The van der Waals surface area contributed by atoms with Gasteiger partial charge in [0, 0.05) is 18.8 Å². The van der Waals surface area contributed by atoms with Gasteiger partial charge in [-0.1, -0.05) is 0 Å². The fourth-order valence-electron chi connectivity index (χ4n) is 2.52. The topological polar surface area (TPSA) is 78.1 Å². The van der Waals surface area contributed by atoms with Crippen LogP contribution in [0.3, 0.4) is 0 Å². The van der Waals surface area contributed by atoms with Crippen molar-refractivity contribution in [1.29, 1.82) is 0 Å². The largest absolute Gasteiger partial charge is 0.357 e. The summed E-state index contributed by atoms with van der Waals surface area (Å²) >= 11 is 0. The van der Waals surface area contributed by atoms with Crippen LogP contribution >= 0.6 is 0 Å². The molecule has 2 aromatic heterocycles. The van der Waals surface area contributed by atoms with E-state index in [0.717, 1.165) is 24.6 Å².